The molecule has 0 unspecified atom stereocenters. The molecule has 4 aromatic rings. The Kier molecular flexibility index (Phi) is 13.5. The molecule has 0 aliphatic carbocycles. The van der Waals surface area contributed by atoms with Crippen molar-refractivity contribution in [2.24, 2.45) is 0 Å². The summed E-state index contributed by atoms with van der Waals surface area (Å²) >= 11 is 0. The quantitative estimate of drug-likeness (QED) is 0.207. The van der Waals surface area contributed by atoms with Crippen molar-refractivity contribution in [2.45, 2.75) is 59.7 Å². The average molecular weight is 664 g/mol. The molecule has 0 radical (unpaired) electrons. The number of rotatable bonds is 10. The van der Waals surface area contributed by atoms with E-state index < -0.39 is 17.9 Å². The van der Waals surface area contributed by atoms with Gasteiger partial charge in [0.15, 0.2) is 5.65 Å². The summed E-state index contributed by atoms with van der Waals surface area (Å²) in [5.41, 5.74) is 3.64. The van der Waals surface area contributed by atoms with Crippen LogP contribution in [0.15, 0.2) is 42.6 Å². The van der Waals surface area contributed by atoms with Crippen LogP contribution in [0, 0.1) is 0 Å². The lowest BCUT2D eigenvalue weighted by molar-refractivity contribution is 0.0583. The molecule has 1 fully saturated rings. The number of nitrogens with zero attached hydrogens (tertiary/aromatic N) is 5. The number of methoxy groups -OCH3 is 2. The Bertz CT molecular complexity index is 1750. The van der Waals surface area contributed by atoms with Gasteiger partial charge in [0.1, 0.15) is 22.8 Å². The number of pyridine rings is 3. The summed E-state index contributed by atoms with van der Waals surface area (Å²) in [5.74, 6) is -2.79. The molecule has 1 amide bonds. The van der Waals surface area contributed by atoms with Crippen LogP contribution in [0.25, 0.3) is 11.0 Å². The topological polar surface area (TPSA) is 197 Å². The maximum absolute atomic E-state index is 12.9. The minimum absolute atomic E-state index is 0. The summed E-state index contributed by atoms with van der Waals surface area (Å²) in [5, 5.41) is 20.6. The lowest BCUT2D eigenvalue weighted by Crippen LogP contribution is -2.30. The zero-order valence-corrected chi connectivity index (χ0v) is 26.6. The van der Waals surface area contributed by atoms with Gasteiger partial charge >= 0.3 is 17.9 Å². The summed E-state index contributed by atoms with van der Waals surface area (Å²) in [6.45, 7) is 6.50. The van der Waals surface area contributed by atoms with Gasteiger partial charge in [0, 0.05) is 43.6 Å². The van der Waals surface area contributed by atoms with Gasteiger partial charge in [-0.25, -0.2) is 34.0 Å². The van der Waals surface area contributed by atoms with E-state index in [0.717, 1.165) is 54.0 Å². The van der Waals surface area contributed by atoms with Gasteiger partial charge in [-0.15, -0.1) is 0 Å². The summed E-state index contributed by atoms with van der Waals surface area (Å²) in [6.07, 6.45) is 4.35. The number of carboxylic acids is 1. The van der Waals surface area contributed by atoms with Gasteiger partial charge in [-0.3, -0.25) is 4.79 Å². The predicted octanol–water partition coefficient (Wildman–Crippen LogP) is 3.92. The Morgan fingerprint density at radius 3 is 2.06 bits per heavy atom. The highest BCUT2D eigenvalue weighted by Crippen LogP contribution is 2.31. The smallest absolute Gasteiger partial charge is 0.356 e. The predicted molar refractivity (Wildman–Crippen MR) is 176 cm³/mol. The largest absolute Gasteiger partial charge is 0.477 e. The van der Waals surface area contributed by atoms with E-state index in [0.29, 0.717) is 13.0 Å². The lowest BCUT2D eigenvalue weighted by Gasteiger charge is -2.26. The number of hydrogen-bond donors (Lipinski definition) is 3. The zero-order valence-electron chi connectivity index (χ0n) is 26.6. The van der Waals surface area contributed by atoms with Crippen LogP contribution in [0.1, 0.15) is 87.3 Å². The van der Waals surface area contributed by atoms with Crippen LogP contribution in [0.2, 0.25) is 0 Å². The van der Waals surface area contributed by atoms with Crippen LogP contribution >= 0.6 is 0 Å². The van der Waals surface area contributed by atoms with E-state index in [1.165, 1.54) is 38.5 Å². The first kappa shape index (κ1) is 37.0. The fourth-order valence-corrected chi connectivity index (χ4v) is 4.91. The molecule has 15 nitrogen and oxygen atoms in total. The van der Waals surface area contributed by atoms with Gasteiger partial charge in [0.25, 0.3) is 5.91 Å². The Labute approximate surface area is 278 Å². The van der Waals surface area contributed by atoms with Crippen molar-refractivity contribution in [1.29, 1.82) is 0 Å². The van der Waals surface area contributed by atoms with Crippen LogP contribution in [-0.2, 0) is 33.7 Å². The average Bonchev–Trinajstić information content (AvgIpc) is 3.53. The zero-order chi connectivity index (χ0) is 33.9. The van der Waals surface area contributed by atoms with Crippen molar-refractivity contribution < 1.29 is 38.5 Å². The van der Waals surface area contributed by atoms with Crippen molar-refractivity contribution in [2.75, 3.05) is 32.8 Å². The molecule has 4 aromatic heterocycles. The first-order chi connectivity index (χ1) is 22.7. The number of nitrogens with one attached hydrogen (secondary N) is 2. The molecule has 5 heterocycles. The summed E-state index contributed by atoms with van der Waals surface area (Å²) in [4.78, 5) is 58.6. The molecular formula is C33H41N7O8. The third kappa shape index (κ3) is 8.88. The Morgan fingerprint density at radius 1 is 0.917 bits per heavy atom. The maximum atomic E-state index is 12.9. The van der Waals surface area contributed by atoms with Crippen molar-refractivity contribution in [1.82, 2.24) is 30.0 Å². The first-order valence-corrected chi connectivity index (χ1v) is 15.0. The number of carbonyl (C=O) groups is 4. The molecule has 256 valence electrons. The number of hydrogen-bond acceptors (Lipinski definition) is 12. The normalized spacial score (nSPS) is 12.6. The minimum atomic E-state index is -1.18. The molecule has 5 rings (SSSR count). The SMILES string of the molecule is C.CCc1nc2c(cnn2CC)c(NC2CCOCC2)c1CNC(=O)c1cccc(C(=O)OC)n1.COC(=O)c1cccc(C(=O)O)n1. The first-order valence-electron chi connectivity index (χ1n) is 15.0. The fraction of sp³-hybridized carbons (Fsp3) is 0.394. The number of esters is 2. The molecule has 0 bridgehead atoms. The third-order valence-corrected chi connectivity index (χ3v) is 7.34. The standard InChI is InChI=1S/C24H30N6O4.C8H7NO4.CH4/c1-4-18-16(13-25-23(31)19-7-6-8-20(28-19)24(32)33-3)21(27-15-9-11-34-12-10-15)17-14-26-30(5-2)22(17)29-18;1-13-8(12)6-4-2-3-5(9-6)7(10)11;/h6-8,14-15H,4-5,9-13H2,1-3H3,(H,25,31)(H,27,29);2-4H,1H3,(H,10,11);1H4. The molecule has 0 atom stereocenters. The summed E-state index contributed by atoms with van der Waals surface area (Å²) < 4.78 is 16.5. The molecule has 15 heteroatoms. The van der Waals surface area contributed by atoms with E-state index >= 15 is 0 Å². The molecule has 1 saturated heterocycles. The van der Waals surface area contributed by atoms with Crippen molar-refractivity contribution >= 4 is 40.5 Å². The van der Waals surface area contributed by atoms with Gasteiger partial charge in [0.2, 0.25) is 0 Å². The fourth-order valence-electron chi connectivity index (χ4n) is 4.91. The van der Waals surface area contributed by atoms with Gasteiger partial charge in [-0.1, -0.05) is 26.5 Å². The summed E-state index contributed by atoms with van der Waals surface area (Å²) in [7, 11) is 2.48. The highest BCUT2D eigenvalue weighted by atomic mass is 16.5. The number of ether oxygens (including phenoxy) is 3. The monoisotopic (exact) mass is 663 g/mol. The van der Waals surface area contributed by atoms with Crippen molar-refractivity contribution in [3.63, 3.8) is 0 Å². The van der Waals surface area contributed by atoms with Crippen LogP contribution in [-0.4, -0.2) is 87.1 Å². The van der Waals surface area contributed by atoms with E-state index in [2.05, 4.69) is 30.4 Å². The van der Waals surface area contributed by atoms with E-state index in [1.807, 2.05) is 24.7 Å². The second-order valence-electron chi connectivity index (χ2n) is 10.3. The number of aryl methyl sites for hydroxylation is 2. The molecular weight excluding hydrogens is 622 g/mol. The number of fused-ring (bicyclic) bond motifs is 1. The number of carbonyl (C=O) groups excluding carboxylic acids is 3. The van der Waals surface area contributed by atoms with Crippen LogP contribution in [0.3, 0.4) is 0 Å². The van der Waals surface area contributed by atoms with Gasteiger partial charge < -0.3 is 30.0 Å². The Hall–Kier alpha value is -5.44. The maximum Gasteiger partial charge on any atom is 0.356 e. The second-order valence-corrected chi connectivity index (χ2v) is 10.3. The molecule has 3 N–H and O–H groups in total. The van der Waals surface area contributed by atoms with Crippen molar-refractivity contribution in [3.8, 4) is 0 Å². The van der Waals surface area contributed by atoms with Gasteiger partial charge in [-0.2, -0.15) is 5.10 Å². The van der Waals surface area contributed by atoms with E-state index in [1.54, 1.807) is 12.1 Å². The van der Waals surface area contributed by atoms with Crippen LogP contribution in [0.5, 0.6) is 0 Å². The van der Waals surface area contributed by atoms with Crippen LogP contribution in [0.4, 0.5) is 5.69 Å². The van der Waals surface area contributed by atoms with Gasteiger partial charge in [0.05, 0.1) is 31.5 Å². The van der Waals surface area contributed by atoms with Crippen LogP contribution < -0.4 is 10.6 Å². The number of amides is 1. The number of carboxylic acid groups (broad SMARTS) is 1. The molecule has 48 heavy (non-hydrogen) atoms. The molecule has 0 spiro atoms. The number of aromatic carboxylic acids is 1. The van der Waals surface area contributed by atoms with E-state index in [-0.39, 0.29) is 48.7 Å². The highest BCUT2D eigenvalue weighted by Gasteiger charge is 2.22. The van der Waals surface area contributed by atoms with E-state index in [4.69, 9.17) is 19.6 Å². The Balaban J connectivity index is 0.000000377. The molecule has 0 aromatic carbocycles. The lowest BCUT2D eigenvalue weighted by atomic mass is 10.0. The van der Waals surface area contributed by atoms with Gasteiger partial charge in [-0.05, 0) is 50.5 Å². The summed E-state index contributed by atoms with van der Waals surface area (Å²) in [6, 6.07) is 9.07. The number of aromatic nitrogens is 5. The number of anilines is 1. The van der Waals surface area contributed by atoms with Crippen molar-refractivity contribution in [3.05, 3.63) is 76.6 Å². The molecule has 1 aliphatic rings. The Morgan fingerprint density at radius 2 is 1.50 bits per heavy atom. The highest BCUT2D eigenvalue weighted by molar-refractivity contribution is 5.95. The molecule has 0 saturated carbocycles. The second kappa shape index (κ2) is 17.5. The minimum Gasteiger partial charge on any atom is -0.477 e. The molecule has 1 aliphatic heterocycles. The third-order valence-electron chi connectivity index (χ3n) is 7.34. The van der Waals surface area contributed by atoms with E-state index in [9.17, 15) is 19.2 Å².